The molecule has 5 rings (SSSR count). The van der Waals surface area contributed by atoms with Gasteiger partial charge in [-0.05, 0) is 68.3 Å². The Labute approximate surface area is 248 Å². The van der Waals surface area contributed by atoms with Gasteiger partial charge in [0.05, 0.1) is 24.0 Å². The molecule has 1 aliphatic rings. The molecule has 0 unspecified atom stereocenters. The van der Waals surface area contributed by atoms with Crippen molar-refractivity contribution in [3.63, 3.8) is 0 Å². The molecule has 0 fully saturated rings. The summed E-state index contributed by atoms with van der Waals surface area (Å²) in [6.45, 7) is 5.50. The number of nitrogens with zero attached hydrogens (tertiary/aromatic N) is 2. The fourth-order valence-electron chi connectivity index (χ4n) is 4.93. The predicted octanol–water partition coefficient (Wildman–Crippen LogP) is 6.82. The van der Waals surface area contributed by atoms with Crippen molar-refractivity contribution in [1.29, 1.82) is 0 Å². The summed E-state index contributed by atoms with van der Waals surface area (Å²) in [5.41, 5.74) is 3.67. The molecule has 0 aliphatic carbocycles. The number of methoxy groups -OCH3 is 1. The Morgan fingerprint density at radius 1 is 1.05 bits per heavy atom. The van der Waals surface area contributed by atoms with Gasteiger partial charge in [-0.1, -0.05) is 23.7 Å². The fourth-order valence-corrected chi connectivity index (χ4v) is 5.04. The van der Waals surface area contributed by atoms with E-state index in [1.807, 2.05) is 32.9 Å². The highest BCUT2D eigenvalue weighted by Crippen LogP contribution is 2.45. The number of hydrogen-bond acceptors (Lipinski definition) is 7. The van der Waals surface area contributed by atoms with Gasteiger partial charge in [0.2, 0.25) is 0 Å². The molecule has 0 saturated carbocycles. The molecule has 216 valence electrons. The van der Waals surface area contributed by atoms with Gasteiger partial charge in [-0.3, -0.25) is 4.79 Å². The molecule has 0 saturated heterocycles. The number of benzene rings is 3. The van der Waals surface area contributed by atoms with E-state index in [1.165, 1.54) is 37.6 Å². The molecule has 10 heteroatoms. The van der Waals surface area contributed by atoms with Crippen LogP contribution in [-0.2, 0) is 11.4 Å². The zero-order valence-corrected chi connectivity index (χ0v) is 24.5. The van der Waals surface area contributed by atoms with Gasteiger partial charge in [0.15, 0.2) is 0 Å². The third-order valence-corrected chi connectivity index (χ3v) is 7.29. The number of amides is 1. The first-order valence-electron chi connectivity index (χ1n) is 13.1. The molecule has 1 N–H and O–H groups in total. The number of aryl methyl sites for hydroxylation is 1. The molecule has 4 aromatic rings. The van der Waals surface area contributed by atoms with Crippen LogP contribution in [0.15, 0.2) is 66.9 Å². The van der Waals surface area contributed by atoms with Gasteiger partial charge in [-0.15, -0.1) is 0 Å². The van der Waals surface area contributed by atoms with Gasteiger partial charge in [0, 0.05) is 36.5 Å². The Kier molecular flexibility index (Phi) is 7.79. The largest absolute Gasteiger partial charge is 0.496 e. The lowest BCUT2D eigenvalue weighted by molar-refractivity contribution is -0.121. The Morgan fingerprint density at radius 3 is 2.52 bits per heavy atom. The number of fused-ring (bicyclic) bond motifs is 1. The van der Waals surface area contributed by atoms with Crippen LogP contribution in [0, 0.1) is 12.7 Å². The number of hydrogen-bond donors (Lipinski definition) is 1. The molecule has 0 atom stereocenters. The first kappa shape index (κ1) is 28.9. The maximum absolute atomic E-state index is 14.0. The summed E-state index contributed by atoms with van der Waals surface area (Å²) in [7, 11) is 3.23. The summed E-state index contributed by atoms with van der Waals surface area (Å²) in [4.78, 5) is 31.5. The Balaban J connectivity index is 1.57. The van der Waals surface area contributed by atoms with E-state index in [1.54, 1.807) is 36.2 Å². The summed E-state index contributed by atoms with van der Waals surface area (Å²) in [5.74, 6) is -0.0594. The maximum Gasteiger partial charge on any atom is 0.345 e. The minimum atomic E-state index is -0.816. The van der Waals surface area contributed by atoms with E-state index in [-0.39, 0.29) is 29.0 Å². The minimum absolute atomic E-state index is 0.0337. The molecule has 0 spiro atoms. The molecule has 8 nitrogen and oxygen atoms in total. The Morgan fingerprint density at radius 2 is 1.81 bits per heavy atom. The lowest BCUT2D eigenvalue weighted by Crippen LogP contribution is -2.52. The first-order chi connectivity index (χ1) is 20.0. The number of nitrogens with one attached hydrogen (secondary N) is 1. The zero-order valence-electron chi connectivity index (χ0n) is 23.7. The second-order valence-electron chi connectivity index (χ2n) is 10.4. The van der Waals surface area contributed by atoms with Crippen molar-refractivity contribution in [1.82, 2.24) is 4.98 Å². The Hall–Kier alpha value is -4.63. The van der Waals surface area contributed by atoms with Gasteiger partial charge in [0.25, 0.3) is 5.91 Å². The highest BCUT2D eigenvalue weighted by Gasteiger charge is 2.38. The van der Waals surface area contributed by atoms with Gasteiger partial charge in [0.1, 0.15) is 40.4 Å². The summed E-state index contributed by atoms with van der Waals surface area (Å²) in [6.07, 6.45) is 1.34. The van der Waals surface area contributed by atoms with Crippen LogP contribution in [0.4, 0.5) is 15.8 Å². The number of anilines is 2. The van der Waals surface area contributed by atoms with Crippen molar-refractivity contribution < 1.29 is 28.2 Å². The van der Waals surface area contributed by atoms with Crippen molar-refractivity contribution in [2.45, 2.75) is 32.9 Å². The third-order valence-electron chi connectivity index (χ3n) is 7.06. The number of rotatable bonds is 7. The second kappa shape index (κ2) is 11.3. The molecule has 0 bridgehead atoms. The summed E-state index contributed by atoms with van der Waals surface area (Å²) < 4.78 is 31.4. The molecular weight excluding hydrogens is 561 g/mol. The first-order valence-corrected chi connectivity index (χ1v) is 13.5. The lowest BCUT2D eigenvalue weighted by atomic mass is 9.91. The van der Waals surface area contributed by atoms with E-state index in [0.717, 1.165) is 16.8 Å². The molecule has 1 aromatic heterocycles. The number of carbonyl (C=O) groups is 2. The monoisotopic (exact) mass is 589 g/mol. The Bertz CT molecular complexity index is 1690. The van der Waals surface area contributed by atoms with Gasteiger partial charge in [-0.2, -0.15) is 0 Å². The van der Waals surface area contributed by atoms with E-state index in [0.29, 0.717) is 28.3 Å². The van der Waals surface area contributed by atoms with Crippen LogP contribution in [0.5, 0.6) is 17.2 Å². The van der Waals surface area contributed by atoms with Crippen molar-refractivity contribution in [2.24, 2.45) is 0 Å². The van der Waals surface area contributed by atoms with Crippen LogP contribution in [0.2, 0.25) is 5.15 Å². The van der Waals surface area contributed by atoms with Crippen LogP contribution in [-0.4, -0.2) is 36.6 Å². The quantitative estimate of drug-likeness (QED) is 0.144. The van der Waals surface area contributed by atoms with Gasteiger partial charge in [-0.25, -0.2) is 14.2 Å². The van der Waals surface area contributed by atoms with Crippen LogP contribution in [0.25, 0.3) is 11.1 Å². The van der Waals surface area contributed by atoms with E-state index in [2.05, 4.69) is 10.3 Å². The molecule has 2 heterocycles. The van der Waals surface area contributed by atoms with Crippen molar-refractivity contribution in [3.8, 4) is 28.4 Å². The SMILES string of the molecule is COc1cc(OC(=O)c2ccc(Cl)nc2)ccc1-c1ccc2c(c1COc1cc(F)ccc1C)N(C)C(=O)C(C)(C)N2. The van der Waals surface area contributed by atoms with Crippen LogP contribution < -0.4 is 24.4 Å². The number of pyridine rings is 1. The zero-order chi connectivity index (χ0) is 30.2. The highest BCUT2D eigenvalue weighted by atomic mass is 35.5. The predicted molar refractivity (Wildman–Crippen MR) is 159 cm³/mol. The second-order valence-corrected chi connectivity index (χ2v) is 10.8. The van der Waals surface area contributed by atoms with Crippen LogP contribution in [0.3, 0.4) is 0 Å². The van der Waals surface area contributed by atoms with Crippen LogP contribution in [0.1, 0.15) is 35.3 Å². The smallest absolute Gasteiger partial charge is 0.345 e. The normalized spacial score (nSPS) is 13.7. The van der Waals surface area contributed by atoms with E-state index >= 15 is 0 Å². The average Bonchev–Trinajstić information content (AvgIpc) is 2.96. The maximum atomic E-state index is 14.0. The van der Waals surface area contributed by atoms with Crippen molar-refractivity contribution in [3.05, 3.63) is 94.5 Å². The van der Waals surface area contributed by atoms with Crippen molar-refractivity contribution in [2.75, 3.05) is 24.4 Å². The molecule has 1 aliphatic heterocycles. The van der Waals surface area contributed by atoms with Gasteiger partial charge >= 0.3 is 5.97 Å². The third kappa shape index (κ3) is 5.60. The molecule has 1 amide bonds. The standard InChI is InChI=1S/C32H29ClFN3O5/c1-18-6-8-20(34)14-26(18)41-17-24-22(11-12-25-29(24)37(4)31(39)32(2,3)36-25)23-10-9-21(15-27(23)40-5)42-30(38)19-7-13-28(33)35-16-19/h6-16,36H,17H2,1-5H3. The number of halogens is 2. The number of esters is 1. The molecule has 42 heavy (non-hydrogen) atoms. The van der Waals surface area contributed by atoms with Gasteiger partial charge < -0.3 is 24.4 Å². The van der Waals surface area contributed by atoms with Crippen LogP contribution >= 0.6 is 11.6 Å². The van der Waals surface area contributed by atoms with E-state index in [9.17, 15) is 14.0 Å². The van der Waals surface area contributed by atoms with E-state index in [4.69, 9.17) is 25.8 Å². The lowest BCUT2D eigenvalue weighted by Gasteiger charge is -2.39. The number of ether oxygens (including phenoxy) is 3. The fraction of sp³-hybridized carbons (Fsp3) is 0.219. The molecule has 0 radical (unpaired) electrons. The average molecular weight is 590 g/mol. The summed E-state index contributed by atoms with van der Waals surface area (Å²) >= 11 is 5.82. The topological polar surface area (TPSA) is 90.0 Å². The minimum Gasteiger partial charge on any atom is -0.496 e. The van der Waals surface area contributed by atoms with E-state index < -0.39 is 17.3 Å². The van der Waals surface area contributed by atoms with Crippen molar-refractivity contribution >= 4 is 34.9 Å². The number of aromatic nitrogens is 1. The molecule has 3 aromatic carbocycles. The summed E-state index contributed by atoms with van der Waals surface area (Å²) in [6, 6.07) is 16.2. The molecular formula is C32H29ClFN3O5. The number of carbonyl (C=O) groups excluding carboxylic acids is 2. The summed E-state index contributed by atoms with van der Waals surface area (Å²) in [5, 5.41) is 3.59. The number of likely N-dealkylation sites (N-methyl/N-ethyl adjacent to an activating group) is 1. The highest BCUT2D eigenvalue weighted by molar-refractivity contribution is 6.29.